The minimum atomic E-state index is -0.258. The highest BCUT2D eigenvalue weighted by molar-refractivity contribution is 5.85. The van der Waals surface area contributed by atoms with Gasteiger partial charge in [-0.15, -0.1) is 12.4 Å². The van der Waals surface area contributed by atoms with Crippen molar-refractivity contribution < 1.29 is 8.91 Å². The Morgan fingerprint density at radius 3 is 2.85 bits per heavy atom. The Kier molecular flexibility index (Phi) is 5.70. The Morgan fingerprint density at radius 1 is 1.31 bits per heavy atom. The van der Waals surface area contributed by atoms with Crippen LogP contribution < -0.4 is 5.32 Å². The fourth-order valence-electron chi connectivity index (χ4n) is 3.23. The molecule has 0 radical (unpaired) electrons. The first-order chi connectivity index (χ1) is 12.2. The molecule has 6 nitrogen and oxygen atoms in total. The smallest absolute Gasteiger partial charge is 0.151 e. The highest BCUT2D eigenvalue weighted by Gasteiger charge is 2.27. The molecular formula is C18H21ClFN5O. The summed E-state index contributed by atoms with van der Waals surface area (Å²) in [6, 6.07) is 8.38. The number of halogens is 2. The lowest BCUT2D eigenvalue weighted by atomic mass is 10.1. The van der Waals surface area contributed by atoms with Gasteiger partial charge in [0.25, 0.3) is 0 Å². The molecule has 1 N–H and O–H groups in total. The van der Waals surface area contributed by atoms with Crippen molar-refractivity contribution in [2.75, 3.05) is 19.6 Å². The summed E-state index contributed by atoms with van der Waals surface area (Å²) in [7, 11) is 2.01. The molecule has 1 atom stereocenters. The normalized spacial score (nSPS) is 17.8. The van der Waals surface area contributed by atoms with Crippen molar-refractivity contribution in [3.05, 3.63) is 60.1 Å². The minimum absolute atomic E-state index is 0. The molecule has 0 saturated carbocycles. The molecule has 26 heavy (non-hydrogen) atoms. The molecule has 0 amide bonds. The monoisotopic (exact) mass is 377 g/mol. The molecule has 1 saturated heterocycles. The first-order valence-corrected chi connectivity index (χ1v) is 8.34. The second-order valence-corrected chi connectivity index (χ2v) is 6.27. The average molecular weight is 378 g/mol. The lowest BCUT2D eigenvalue weighted by Gasteiger charge is -2.34. The zero-order valence-electron chi connectivity index (χ0n) is 14.4. The summed E-state index contributed by atoms with van der Waals surface area (Å²) >= 11 is 0. The van der Waals surface area contributed by atoms with Gasteiger partial charge in [0.1, 0.15) is 17.3 Å². The summed E-state index contributed by atoms with van der Waals surface area (Å²) in [4.78, 5) is 6.83. The van der Waals surface area contributed by atoms with Gasteiger partial charge in [-0.05, 0) is 24.3 Å². The molecule has 138 valence electrons. The van der Waals surface area contributed by atoms with Crippen LogP contribution in [0.15, 0.2) is 47.2 Å². The number of piperazine rings is 1. The minimum Gasteiger partial charge on any atom is -0.359 e. The van der Waals surface area contributed by atoms with E-state index in [2.05, 4.69) is 24.9 Å². The van der Waals surface area contributed by atoms with E-state index in [1.165, 1.54) is 12.1 Å². The fourth-order valence-corrected chi connectivity index (χ4v) is 3.23. The van der Waals surface area contributed by atoms with E-state index in [0.29, 0.717) is 6.54 Å². The van der Waals surface area contributed by atoms with Gasteiger partial charge < -0.3 is 14.4 Å². The number of rotatable bonds is 4. The lowest BCUT2D eigenvalue weighted by Crippen LogP contribution is -2.46. The summed E-state index contributed by atoms with van der Waals surface area (Å²) in [5.74, 6) is 1.57. The predicted molar refractivity (Wildman–Crippen MR) is 98.4 cm³/mol. The van der Waals surface area contributed by atoms with Gasteiger partial charge in [0.15, 0.2) is 5.76 Å². The lowest BCUT2D eigenvalue weighted by molar-refractivity contribution is 0.130. The van der Waals surface area contributed by atoms with Crippen molar-refractivity contribution in [3.8, 4) is 11.3 Å². The SMILES string of the molecule is Cl.Cn1ccnc1C1CNCCN1Cc1cc(-c2ccc(F)cc2)no1. The molecule has 3 aromatic rings. The Bertz CT molecular complexity index is 847. The van der Waals surface area contributed by atoms with E-state index in [0.717, 1.165) is 42.5 Å². The van der Waals surface area contributed by atoms with Crippen molar-refractivity contribution in [1.29, 1.82) is 0 Å². The number of nitrogens with one attached hydrogen (secondary N) is 1. The molecule has 1 aliphatic rings. The van der Waals surface area contributed by atoms with Crippen LogP contribution in [0.3, 0.4) is 0 Å². The quantitative estimate of drug-likeness (QED) is 0.757. The molecule has 1 aromatic carbocycles. The van der Waals surface area contributed by atoms with Crippen LogP contribution in [0.1, 0.15) is 17.6 Å². The molecule has 3 heterocycles. The second kappa shape index (κ2) is 7.99. The Labute approximate surface area is 157 Å². The highest BCUT2D eigenvalue weighted by atomic mass is 35.5. The van der Waals surface area contributed by atoms with E-state index in [-0.39, 0.29) is 24.3 Å². The van der Waals surface area contributed by atoms with Crippen molar-refractivity contribution in [2.45, 2.75) is 12.6 Å². The van der Waals surface area contributed by atoms with Crippen molar-refractivity contribution in [2.24, 2.45) is 7.05 Å². The third-order valence-corrected chi connectivity index (χ3v) is 4.57. The van der Waals surface area contributed by atoms with Crippen molar-refractivity contribution >= 4 is 12.4 Å². The van der Waals surface area contributed by atoms with Crippen LogP contribution in [0.4, 0.5) is 4.39 Å². The Hall–Kier alpha value is -2.22. The zero-order valence-corrected chi connectivity index (χ0v) is 15.2. The van der Waals surface area contributed by atoms with E-state index < -0.39 is 0 Å². The maximum Gasteiger partial charge on any atom is 0.151 e. The molecule has 4 rings (SSSR count). The maximum absolute atomic E-state index is 13.1. The number of aromatic nitrogens is 3. The van der Waals surface area contributed by atoms with Gasteiger partial charge >= 0.3 is 0 Å². The second-order valence-electron chi connectivity index (χ2n) is 6.27. The molecule has 8 heteroatoms. The summed E-state index contributed by atoms with van der Waals surface area (Å²) < 4.78 is 20.6. The van der Waals surface area contributed by atoms with Crippen LogP contribution in [0.25, 0.3) is 11.3 Å². The van der Waals surface area contributed by atoms with Gasteiger partial charge in [-0.3, -0.25) is 4.90 Å². The van der Waals surface area contributed by atoms with Crippen molar-refractivity contribution in [1.82, 2.24) is 24.9 Å². The summed E-state index contributed by atoms with van der Waals surface area (Å²) in [5, 5.41) is 7.55. The van der Waals surface area contributed by atoms with E-state index in [4.69, 9.17) is 4.52 Å². The molecule has 0 spiro atoms. The zero-order chi connectivity index (χ0) is 17.2. The molecule has 0 aliphatic carbocycles. The number of benzene rings is 1. The summed E-state index contributed by atoms with van der Waals surface area (Å²) in [6.45, 7) is 3.35. The first kappa shape index (κ1) is 18.6. The molecule has 1 fully saturated rings. The van der Waals surface area contributed by atoms with Crippen LogP contribution in [-0.2, 0) is 13.6 Å². The summed E-state index contributed by atoms with van der Waals surface area (Å²) in [6.07, 6.45) is 3.78. The first-order valence-electron chi connectivity index (χ1n) is 8.34. The van der Waals surface area contributed by atoms with Crippen LogP contribution in [0.5, 0.6) is 0 Å². The number of hydrogen-bond acceptors (Lipinski definition) is 5. The molecule has 1 aliphatic heterocycles. The third kappa shape index (κ3) is 3.80. The van der Waals surface area contributed by atoms with Crippen LogP contribution in [0, 0.1) is 5.82 Å². The molecule has 1 unspecified atom stereocenters. The number of hydrogen-bond donors (Lipinski definition) is 1. The standard InChI is InChI=1S/C18H20FN5O.ClH/c1-23-8-7-21-18(23)17-11-20-6-9-24(17)12-15-10-16(22-25-15)13-2-4-14(19)5-3-13;/h2-5,7-8,10,17,20H,6,9,11-12H2,1H3;1H. The maximum atomic E-state index is 13.1. The van der Waals surface area contributed by atoms with Crippen LogP contribution in [0.2, 0.25) is 0 Å². The van der Waals surface area contributed by atoms with Gasteiger partial charge in [0.05, 0.1) is 12.6 Å². The van der Waals surface area contributed by atoms with Crippen molar-refractivity contribution in [3.63, 3.8) is 0 Å². The van der Waals surface area contributed by atoms with E-state index in [1.54, 1.807) is 12.1 Å². The molecular weight excluding hydrogens is 357 g/mol. The van der Waals surface area contributed by atoms with Crippen LogP contribution >= 0.6 is 12.4 Å². The molecule has 2 aromatic heterocycles. The van der Waals surface area contributed by atoms with Gasteiger partial charge in [-0.1, -0.05) is 5.16 Å². The Balaban J connectivity index is 0.00000196. The third-order valence-electron chi connectivity index (χ3n) is 4.57. The fraction of sp³-hybridized carbons (Fsp3) is 0.333. The average Bonchev–Trinajstić information content (AvgIpc) is 3.25. The molecule has 0 bridgehead atoms. The van der Waals surface area contributed by atoms with Gasteiger partial charge in [0, 0.05) is 50.7 Å². The van der Waals surface area contributed by atoms with Gasteiger partial charge in [-0.25, -0.2) is 9.37 Å². The number of aryl methyl sites for hydroxylation is 1. The Morgan fingerprint density at radius 2 is 2.12 bits per heavy atom. The highest BCUT2D eigenvalue weighted by Crippen LogP contribution is 2.25. The van der Waals surface area contributed by atoms with Crippen LogP contribution in [-0.4, -0.2) is 39.2 Å². The largest absolute Gasteiger partial charge is 0.359 e. The topological polar surface area (TPSA) is 59.1 Å². The summed E-state index contributed by atoms with van der Waals surface area (Å²) in [5.41, 5.74) is 1.57. The van der Waals surface area contributed by atoms with E-state index in [9.17, 15) is 4.39 Å². The van der Waals surface area contributed by atoms with E-state index >= 15 is 0 Å². The predicted octanol–water partition coefficient (Wildman–Crippen LogP) is 2.78. The van der Waals surface area contributed by atoms with Gasteiger partial charge in [0.2, 0.25) is 0 Å². The van der Waals surface area contributed by atoms with E-state index in [1.807, 2.05) is 25.5 Å². The number of imidazole rings is 1. The number of nitrogens with zero attached hydrogens (tertiary/aromatic N) is 4. The van der Waals surface area contributed by atoms with Gasteiger partial charge in [-0.2, -0.15) is 0 Å².